The molecule has 1 N–H and O–H groups in total. The molecule has 0 aliphatic carbocycles. The fourth-order valence-corrected chi connectivity index (χ4v) is 2.19. The number of nitrogens with one attached hydrogen (secondary N) is 1. The number of anilines is 1. The molecule has 21 heavy (non-hydrogen) atoms. The summed E-state index contributed by atoms with van der Waals surface area (Å²) >= 11 is 12.2. The molecule has 0 bridgehead atoms. The lowest BCUT2D eigenvalue weighted by molar-refractivity contribution is 0.319. The first-order valence-corrected chi connectivity index (χ1v) is 7.40. The summed E-state index contributed by atoms with van der Waals surface area (Å²) in [5, 5.41) is 3.85. The largest absolute Gasteiger partial charge is 0.490 e. The molecule has 2 rings (SSSR count). The first-order chi connectivity index (χ1) is 10.2. The molecule has 0 spiro atoms. The molecule has 1 aromatic carbocycles. The quantitative estimate of drug-likeness (QED) is 0.810. The van der Waals surface area contributed by atoms with Gasteiger partial charge in [-0.3, -0.25) is 0 Å². The van der Waals surface area contributed by atoms with Crippen LogP contribution in [-0.2, 0) is 0 Å². The van der Waals surface area contributed by atoms with Gasteiger partial charge in [-0.2, -0.15) is 4.98 Å². The van der Waals surface area contributed by atoms with Crippen LogP contribution in [-0.4, -0.2) is 18.1 Å². The number of hydrogen-bond acceptors (Lipinski definition) is 4. The molecule has 0 amide bonds. The fourth-order valence-electron chi connectivity index (χ4n) is 1.73. The van der Waals surface area contributed by atoms with Crippen molar-refractivity contribution in [2.45, 2.75) is 13.8 Å². The van der Waals surface area contributed by atoms with Crippen molar-refractivity contribution in [1.82, 2.24) is 4.98 Å². The highest BCUT2D eigenvalue weighted by Crippen LogP contribution is 2.36. The average Bonchev–Trinajstić information content (AvgIpc) is 2.46. The summed E-state index contributed by atoms with van der Waals surface area (Å²) in [6.07, 6.45) is 0. The first-order valence-electron chi connectivity index (χ1n) is 6.65. The molecule has 112 valence electrons. The molecular weight excluding hydrogens is 311 g/mol. The molecule has 0 unspecified atom stereocenters. The maximum absolute atomic E-state index is 6.14. The summed E-state index contributed by atoms with van der Waals surface area (Å²) < 4.78 is 11.3. The van der Waals surface area contributed by atoms with E-state index in [9.17, 15) is 0 Å². The number of rotatable bonds is 6. The average molecular weight is 327 g/mol. The van der Waals surface area contributed by atoms with E-state index in [1.165, 1.54) is 0 Å². The third-order valence-corrected chi connectivity index (χ3v) is 3.16. The predicted octanol–water partition coefficient (Wildman–Crippen LogP) is 5.01. The van der Waals surface area contributed by atoms with Gasteiger partial charge in [0.05, 0.1) is 11.6 Å². The molecule has 4 nitrogen and oxygen atoms in total. The van der Waals surface area contributed by atoms with Gasteiger partial charge >= 0.3 is 0 Å². The second kappa shape index (κ2) is 7.38. The van der Waals surface area contributed by atoms with Crippen LogP contribution in [0.2, 0.25) is 10.0 Å². The highest BCUT2D eigenvalue weighted by molar-refractivity contribution is 6.36. The van der Waals surface area contributed by atoms with Gasteiger partial charge in [0.15, 0.2) is 11.5 Å². The molecule has 0 aliphatic heterocycles. The van der Waals surface area contributed by atoms with Crippen molar-refractivity contribution in [3.63, 3.8) is 0 Å². The number of ether oxygens (including phenoxy) is 2. The van der Waals surface area contributed by atoms with Crippen molar-refractivity contribution >= 4 is 29.0 Å². The summed E-state index contributed by atoms with van der Waals surface area (Å²) in [5.74, 6) is 2.01. The van der Waals surface area contributed by atoms with Crippen LogP contribution >= 0.6 is 23.2 Å². The lowest BCUT2D eigenvalue weighted by Gasteiger charge is -2.13. The summed E-state index contributed by atoms with van der Waals surface area (Å²) in [5.41, 5.74) is 0. The van der Waals surface area contributed by atoms with E-state index in [2.05, 4.69) is 10.3 Å². The molecule has 0 radical (unpaired) electrons. The van der Waals surface area contributed by atoms with Crippen LogP contribution in [0.1, 0.15) is 13.8 Å². The van der Waals surface area contributed by atoms with E-state index in [1.807, 2.05) is 32.0 Å². The van der Waals surface area contributed by atoms with Gasteiger partial charge in [-0.15, -0.1) is 0 Å². The summed E-state index contributed by atoms with van der Waals surface area (Å²) in [6.45, 7) is 5.11. The predicted molar refractivity (Wildman–Crippen MR) is 86.1 cm³/mol. The number of para-hydroxylation sites is 2. The standard InChI is InChI=1S/C15H16Cl2N2O2/c1-3-18-14-10(16)9-11(17)15(19-14)21-13-8-6-5-7-12(13)20-4-2/h5-9H,3-4H2,1-2H3,(H,18,19). The molecule has 0 atom stereocenters. The summed E-state index contributed by atoms with van der Waals surface area (Å²) in [6, 6.07) is 8.96. The van der Waals surface area contributed by atoms with Crippen molar-refractivity contribution in [2.24, 2.45) is 0 Å². The molecule has 0 aliphatic rings. The van der Waals surface area contributed by atoms with Crippen LogP contribution in [0.5, 0.6) is 17.4 Å². The zero-order valence-corrected chi connectivity index (χ0v) is 13.3. The maximum Gasteiger partial charge on any atom is 0.240 e. The van der Waals surface area contributed by atoms with Gasteiger partial charge in [0, 0.05) is 6.54 Å². The Balaban J connectivity index is 2.33. The van der Waals surface area contributed by atoms with Gasteiger partial charge in [-0.05, 0) is 32.0 Å². The van der Waals surface area contributed by atoms with Crippen molar-refractivity contribution in [3.8, 4) is 17.4 Å². The number of halogens is 2. The number of hydrogen-bond donors (Lipinski definition) is 1. The van der Waals surface area contributed by atoms with Gasteiger partial charge in [-0.25, -0.2) is 0 Å². The van der Waals surface area contributed by atoms with Crippen molar-refractivity contribution in [3.05, 3.63) is 40.4 Å². The second-order valence-corrected chi connectivity index (χ2v) is 4.93. The van der Waals surface area contributed by atoms with Gasteiger partial charge in [0.25, 0.3) is 0 Å². The zero-order valence-electron chi connectivity index (χ0n) is 11.8. The number of pyridine rings is 1. The van der Waals surface area contributed by atoms with E-state index in [-0.39, 0.29) is 5.88 Å². The Morgan fingerprint density at radius 3 is 2.48 bits per heavy atom. The first kappa shape index (κ1) is 15.7. The Bertz CT molecular complexity index is 621. The molecule has 0 saturated heterocycles. The topological polar surface area (TPSA) is 43.4 Å². The maximum atomic E-state index is 6.14. The van der Waals surface area contributed by atoms with Crippen molar-refractivity contribution in [1.29, 1.82) is 0 Å². The molecule has 0 saturated carbocycles. The van der Waals surface area contributed by atoms with Gasteiger partial charge in [0.1, 0.15) is 10.8 Å². The molecule has 2 aromatic rings. The van der Waals surface area contributed by atoms with Crippen LogP contribution in [0.4, 0.5) is 5.82 Å². The van der Waals surface area contributed by atoms with Crippen LogP contribution in [0.3, 0.4) is 0 Å². The molecule has 6 heteroatoms. The molecule has 1 heterocycles. The third kappa shape index (κ3) is 3.93. The number of nitrogens with zero attached hydrogens (tertiary/aromatic N) is 1. The minimum atomic E-state index is 0.282. The van der Waals surface area contributed by atoms with E-state index >= 15 is 0 Å². The minimum absolute atomic E-state index is 0.282. The minimum Gasteiger partial charge on any atom is -0.490 e. The Morgan fingerprint density at radius 1 is 1.10 bits per heavy atom. The summed E-state index contributed by atoms with van der Waals surface area (Å²) in [7, 11) is 0. The monoisotopic (exact) mass is 326 g/mol. The highest BCUT2D eigenvalue weighted by Gasteiger charge is 2.13. The van der Waals surface area contributed by atoms with Crippen LogP contribution in [0.25, 0.3) is 0 Å². The zero-order chi connectivity index (χ0) is 15.2. The van der Waals surface area contributed by atoms with Gasteiger partial charge in [-0.1, -0.05) is 35.3 Å². The normalized spacial score (nSPS) is 10.3. The van der Waals surface area contributed by atoms with E-state index in [4.69, 9.17) is 32.7 Å². The van der Waals surface area contributed by atoms with E-state index in [1.54, 1.807) is 12.1 Å². The van der Waals surface area contributed by atoms with E-state index < -0.39 is 0 Å². The van der Waals surface area contributed by atoms with E-state index in [0.29, 0.717) is 40.5 Å². The van der Waals surface area contributed by atoms with Gasteiger partial charge in [0.2, 0.25) is 5.88 Å². The Morgan fingerprint density at radius 2 is 1.81 bits per heavy atom. The van der Waals surface area contributed by atoms with Crippen LogP contribution in [0, 0.1) is 0 Å². The Hall–Kier alpha value is -1.65. The van der Waals surface area contributed by atoms with Crippen LogP contribution in [0.15, 0.2) is 30.3 Å². The highest BCUT2D eigenvalue weighted by atomic mass is 35.5. The van der Waals surface area contributed by atoms with Crippen molar-refractivity contribution < 1.29 is 9.47 Å². The van der Waals surface area contributed by atoms with Gasteiger partial charge < -0.3 is 14.8 Å². The van der Waals surface area contributed by atoms with Crippen molar-refractivity contribution in [2.75, 3.05) is 18.5 Å². The fraction of sp³-hybridized carbons (Fsp3) is 0.267. The van der Waals surface area contributed by atoms with E-state index in [0.717, 1.165) is 0 Å². The lowest BCUT2D eigenvalue weighted by Crippen LogP contribution is -2.02. The molecular formula is C15H16Cl2N2O2. The number of benzene rings is 1. The summed E-state index contributed by atoms with van der Waals surface area (Å²) in [4.78, 5) is 4.31. The third-order valence-electron chi connectivity index (χ3n) is 2.60. The lowest BCUT2D eigenvalue weighted by atomic mass is 10.3. The smallest absolute Gasteiger partial charge is 0.240 e. The Labute approximate surface area is 134 Å². The molecule has 0 fully saturated rings. The van der Waals surface area contributed by atoms with Crippen LogP contribution < -0.4 is 14.8 Å². The number of aromatic nitrogens is 1. The molecule has 1 aromatic heterocycles. The Kier molecular flexibility index (Phi) is 5.53. The second-order valence-electron chi connectivity index (χ2n) is 4.12. The SMILES string of the molecule is CCNc1nc(Oc2ccccc2OCC)c(Cl)cc1Cl.